The third-order valence-corrected chi connectivity index (χ3v) is 5.55. The number of halogens is 1. The van der Waals surface area contributed by atoms with Crippen LogP contribution in [0.25, 0.3) is 0 Å². The van der Waals surface area contributed by atoms with Crippen LogP contribution < -0.4 is 0 Å². The van der Waals surface area contributed by atoms with Crippen LogP contribution in [-0.2, 0) is 14.8 Å². The smallest absolute Gasteiger partial charge is 0.307 e. The summed E-state index contributed by atoms with van der Waals surface area (Å²) in [5.74, 6) is -2.35. The minimum Gasteiger partial charge on any atom is -0.481 e. The highest BCUT2D eigenvalue weighted by Crippen LogP contribution is 2.28. The molecule has 2 rings (SSSR count). The summed E-state index contributed by atoms with van der Waals surface area (Å²) in [6, 6.07) is 4.46. The summed E-state index contributed by atoms with van der Waals surface area (Å²) < 4.78 is 39.3. The van der Waals surface area contributed by atoms with Crippen LogP contribution in [0.2, 0.25) is 0 Å². The molecule has 0 aromatic heterocycles. The molecule has 1 fully saturated rings. The highest BCUT2D eigenvalue weighted by molar-refractivity contribution is 7.89. The van der Waals surface area contributed by atoms with Gasteiger partial charge in [-0.3, -0.25) is 4.79 Å². The maximum Gasteiger partial charge on any atom is 0.307 e. The first kappa shape index (κ1) is 14.9. The summed E-state index contributed by atoms with van der Waals surface area (Å²) in [4.78, 5) is 10.9. The summed E-state index contributed by atoms with van der Waals surface area (Å²) in [5, 5.41) is 9.04. The van der Waals surface area contributed by atoms with Crippen molar-refractivity contribution in [1.29, 1.82) is 0 Å². The van der Waals surface area contributed by atoms with Gasteiger partial charge in [-0.2, -0.15) is 4.31 Å². The fourth-order valence-corrected chi connectivity index (χ4v) is 4.11. The number of nitrogens with zero attached hydrogens (tertiary/aromatic N) is 1. The second-order valence-corrected chi connectivity index (χ2v) is 6.88. The first-order chi connectivity index (χ1) is 9.32. The maximum atomic E-state index is 13.2. The Labute approximate surface area is 117 Å². The lowest BCUT2D eigenvalue weighted by atomic mass is 9.96. The van der Waals surface area contributed by atoms with Gasteiger partial charge in [0.2, 0.25) is 10.0 Å². The molecule has 1 heterocycles. The minimum atomic E-state index is -3.87. The quantitative estimate of drug-likeness (QED) is 0.922. The number of aliphatic carboxylic acids is 1. The zero-order valence-electron chi connectivity index (χ0n) is 11.0. The summed E-state index contributed by atoms with van der Waals surface area (Å²) in [7, 11) is -3.87. The molecule has 0 saturated carbocycles. The van der Waals surface area contributed by atoms with E-state index < -0.39 is 27.7 Å². The average Bonchev–Trinajstić information content (AvgIpc) is 2.38. The Hall–Kier alpha value is -1.47. The molecule has 1 N–H and O–H groups in total. The lowest BCUT2D eigenvalue weighted by Crippen LogP contribution is -2.47. The summed E-state index contributed by atoms with van der Waals surface area (Å²) in [5.41, 5.74) is 0. The molecule has 5 nitrogen and oxygen atoms in total. The van der Waals surface area contributed by atoms with Gasteiger partial charge in [0.25, 0.3) is 0 Å². The van der Waals surface area contributed by atoms with E-state index in [9.17, 15) is 17.6 Å². The van der Waals surface area contributed by atoms with Crippen LogP contribution >= 0.6 is 0 Å². The van der Waals surface area contributed by atoms with Crippen LogP contribution in [0.1, 0.15) is 19.8 Å². The third kappa shape index (κ3) is 2.83. The molecule has 0 radical (unpaired) electrons. The van der Waals surface area contributed by atoms with Crippen LogP contribution in [0, 0.1) is 11.7 Å². The Morgan fingerprint density at radius 1 is 1.40 bits per heavy atom. The average molecular weight is 301 g/mol. The van der Waals surface area contributed by atoms with Crippen LogP contribution in [0.3, 0.4) is 0 Å². The number of carboxylic acids is 1. The van der Waals surface area contributed by atoms with Gasteiger partial charge in [0.15, 0.2) is 0 Å². The van der Waals surface area contributed by atoms with Gasteiger partial charge in [-0.05, 0) is 38.0 Å². The largest absolute Gasteiger partial charge is 0.481 e. The molecule has 7 heteroatoms. The lowest BCUT2D eigenvalue weighted by molar-refractivity contribution is -0.143. The number of piperidine rings is 1. The summed E-state index contributed by atoms with van der Waals surface area (Å²) >= 11 is 0. The van der Waals surface area contributed by atoms with E-state index in [4.69, 9.17) is 5.11 Å². The van der Waals surface area contributed by atoms with E-state index in [1.807, 2.05) is 0 Å². The van der Waals surface area contributed by atoms with Crippen molar-refractivity contribution in [3.8, 4) is 0 Å². The van der Waals surface area contributed by atoms with Crippen molar-refractivity contribution < 1.29 is 22.7 Å². The predicted octanol–water partition coefficient (Wildman–Crippen LogP) is 1.70. The SMILES string of the molecule is CC1CCC(C(=O)O)CN1S(=O)(=O)c1cccc(F)c1. The van der Waals surface area contributed by atoms with Crippen LogP contribution in [0.15, 0.2) is 29.2 Å². The first-order valence-electron chi connectivity index (χ1n) is 6.32. The van der Waals surface area contributed by atoms with E-state index in [0.29, 0.717) is 12.8 Å². The zero-order valence-corrected chi connectivity index (χ0v) is 11.8. The van der Waals surface area contributed by atoms with E-state index in [2.05, 4.69) is 0 Å². The molecular weight excluding hydrogens is 285 g/mol. The predicted molar refractivity (Wildman–Crippen MR) is 70.1 cm³/mol. The van der Waals surface area contributed by atoms with Gasteiger partial charge < -0.3 is 5.11 Å². The molecule has 1 aliphatic heterocycles. The van der Waals surface area contributed by atoms with Gasteiger partial charge in [-0.1, -0.05) is 6.07 Å². The molecule has 0 spiro atoms. The van der Waals surface area contributed by atoms with Gasteiger partial charge in [0.05, 0.1) is 10.8 Å². The number of carbonyl (C=O) groups is 1. The van der Waals surface area contributed by atoms with E-state index in [1.54, 1.807) is 6.92 Å². The van der Waals surface area contributed by atoms with Crippen LogP contribution in [-0.4, -0.2) is 36.4 Å². The number of hydrogen-bond acceptors (Lipinski definition) is 3. The van der Waals surface area contributed by atoms with Crippen LogP contribution in [0.4, 0.5) is 4.39 Å². The van der Waals surface area contributed by atoms with Crippen LogP contribution in [0.5, 0.6) is 0 Å². The van der Waals surface area contributed by atoms with Gasteiger partial charge >= 0.3 is 5.97 Å². The molecular formula is C13H16FNO4S. The second kappa shape index (κ2) is 5.49. The Balaban J connectivity index is 2.34. The number of carboxylic acid groups (broad SMARTS) is 1. The van der Waals surface area contributed by atoms with Crippen molar-refractivity contribution in [2.75, 3.05) is 6.54 Å². The summed E-state index contributed by atoms with van der Waals surface area (Å²) in [6.07, 6.45) is 0.928. The molecule has 0 aliphatic carbocycles. The Morgan fingerprint density at radius 3 is 2.70 bits per heavy atom. The Bertz CT molecular complexity index is 617. The normalized spacial score (nSPS) is 24.5. The highest BCUT2D eigenvalue weighted by atomic mass is 32.2. The molecule has 20 heavy (non-hydrogen) atoms. The number of hydrogen-bond donors (Lipinski definition) is 1. The molecule has 1 aromatic carbocycles. The minimum absolute atomic E-state index is 0.0741. The molecule has 110 valence electrons. The number of sulfonamides is 1. The van der Waals surface area contributed by atoms with Gasteiger partial charge in [0.1, 0.15) is 5.82 Å². The number of benzene rings is 1. The van der Waals surface area contributed by atoms with Gasteiger partial charge in [-0.25, -0.2) is 12.8 Å². The molecule has 1 aliphatic rings. The number of rotatable bonds is 3. The van der Waals surface area contributed by atoms with Crippen molar-refractivity contribution in [2.24, 2.45) is 5.92 Å². The first-order valence-corrected chi connectivity index (χ1v) is 7.76. The standard InChI is InChI=1S/C13H16FNO4S/c1-9-5-6-10(13(16)17)8-15(9)20(18,19)12-4-2-3-11(14)7-12/h2-4,7,9-10H,5-6,8H2,1H3,(H,16,17). The molecule has 0 amide bonds. The lowest BCUT2D eigenvalue weighted by Gasteiger charge is -2.35. The molecule has 1 aromatic rings. The fraction of sp³-hybridized carbons (Fsp3) is 0.462. The second-order valence-electron chi connectivity index (χ2n) is 4.99. The fourth-order valence-electron chi connectivity index (χ4n) is 2.37. The molecule has 2 atom stereocenters. The van der Waals surface area contributed by atoms with Gasteiger partial charge in [-0.15, -0.1) is 0 Å². The van der Waals surface area contributed by atoms with Crippen molar-refractivity contribution in [1.82, 2.24) is 4.31 Å². The Kier molecular flexibility index (Phi) is 4.10. The summed E-state index contributed by atoms with van der Waals surface area (Å²) in [6.45, 7) is 1.66. The van der Waals surface area contributed by atoms with E-state index in [0.717, 1.165) is 10.4 Å². The monoisotopic (exact) mass is 301 g/mol. The molecule has 0 bridgehead atoms. The zero-order chi connectivity index (χ0) is 14.9. The Morgan fingerprint density at radius 2 is 2.10 bits per heavy atom. The van der Waals surface area contributed by atoms with E-state index in [1.165, 1.54) is 18.2 Å². The topological polar surface area (TPSA) is 74.7 Å². The molecule has 2 unspecified atom stereocenters. The van der Waals surface area contributed by atoms with Gasteiger partial charge in [0, 0.05) is 12.6 Å². The van der Waals surface area contributed by atoms with Crippen molar-refractivity contribution in [3.63, 3.8) is 0 Å². The van der Waals surface area contributed by atoms with Crippen molar-refractivity contribution >= 4 is 16.0 Å². The maximum absolute atomic E-state index is 13.2. The van der Waals surface area contributed by atoms with E-state index >= 15 is 0 Å². The molecule has 1 saturated heterocycles. The third-order valence-electron chi connectivity index (χ3n) is 3.58. The van der Waals surface area contributed by atoms with Crippen molar-refractivity contribution in [2.45, 2.75) is 30.7 Å². The highest BCUT2D eigenvalue weighted by Gasteiger charge is 2.37. The van der Waals surface area contributed by atoms with Crippen molar-refractivity contribution in [3.05, 3.63) is 30.1 Å². The van der Waals surface area contributed by atoms with E-state index in [-0.39, 0.29) is 17.5 Å².